The van der Waals surface area contributed by atoms with Gasteiger partial charge in [-0.15, -0.1) is 0 Å². The molecule has 0 saturated heterocycles. The molecule has 25 heavy (non-hydrogen) atoms. The van der Waals surface area contributed by atoms with Gasteiger partial charge in [0.15, 0.2) is 0 Å². The Balaban J connectivity index is 2.04. The van der Waals surface area contributed by atoms with Gasteiger partial charge in [-0.3, -0.25) is 4.79 Å². The van der Waals surface area contributed by atoms with Crippen molar-refractivity contribution in [3.63, 3.8) is 0 Å². The monoisotopic (exact) mass is 368 g/mol. The van der Waals surface area contributed by atoms with Crippen LogP contribution in [0.1, 0.15) is 48.9 Å². The average molecular weight is 368 g/mol. The molecule has 0 heterocycles. The van der Waals surface area contributed by atoms with Crippen LogP contribution in [0.4, 0.5) is 0 Å². The van der Waals surface area contributed by atoms with Gasteiger partial charge in [0.2, 0.25) is 10.0 Å². The number of methoxy groups -OCH3 is 1. The minimum Gasteiger partial charge on any atom is -0.383 e. The van der Waals surface area contributed by atoms with E-state index >= 15 is 0 Å². The fourth-order valence-electron chi connectivity index (χ4n) is 3.15. The molecule has 0 aliphatic heterocycles. The number of carbonyl (C=O) groups excluding carboxylic acids is 1. The van der Waals surface area contributed by atoms with Crippen LogP contribution < -0.4 is 4.72 Å². The van der Waals surface area contributed by atoms with E-state index in [1.165, 1.54) is 32.1 Å². The number of hydrogen-bond acceptors (Lipinski definition) is 4. The Hall–Kier alpha value is -1.44. The lowest BCUT2D eigenvalue weighted by molar-refractivity contribution is 0.0717. The standard InChI is InChI=1S/C18H28N2O4S/c1-20(16-7-5-3-4-6-8-16)18(21)15-9-11-17(12-10-15)25(22,23)19-13-14-24-2/h9-12,16,19H,3-8,13-14H2,1-2H3. The summed E-state index contributed by atoms with van der Waals surface area (Å²) in [7, 11) is -0.220. The first-order valence-electron chi connectivity index (χ1n) is 8.81. The highest BCUT2D eigenvalue weighted by atomic mass is 32.2. The van der Waals surface area contributed by atoms with E-state index < -0.39 is 10.0 Å². The highest BCUT2D eigenvalue weighted by molar-refractivity contribution is 7.89. The van der Waals surface area contributed by atoms with Crippen molar-refractivity contribution >= 4 is 15.9 Å². The van der Waals surface area contributed by atoms with E-state index in [4.69, 9.17) is 4.74 Å². The third-order valence-corrected chi connectivity index (χ3v) is 6.18. The van der Waals surface area contributed by atoms with Gasteiger partial charge in [-0.25, -0.2) is 13.1 Å². The third kappa shape index (κ3) is 5.52. The third-order valence-electron chi connectivity index (χ3n) is 4.70. The predicted octanol–water partition coefficient (Wildman–Crippen LogP) is 2.41. The maximum absolute atomic E-state index is 12.7. The molecule has 1 aliphatic carbocycles. The number of ether oxygens (including phenoxy) is 1. The van der Waals surface area contributed by atoms with Gasteiger partial charge in [0.05, 0.1) is 11.5 Å². The zero-order valence-electron chi connectivity index (χ0n) is 15.0. The van der Waals surface area contributed by atoms with Crippen LogP contribution in [0.15, 0.2) is 29.2 Å². The Morgan fingerprint density at radius 1 is 1.16 bits per heavy atom. The van der Waals surface area contributed by atoms with E-state index in [1.54, 1.807) is 12.1 Å². The molecule has 1 aromatic carbocycles. The zero-order chi connectivity index (χ0) is 18.3. The Bertz CT molecular complexity index is 650. The van der Waals surface area contributed by atoms with Gasteiger partial charge in [0.1, 0.15) is 0 Å². The molecular weight excluding hydrogens is 340 g/mol. The molecule has 7 heteroatoms. The van der Waals surface area contributed by atoms with Crippen molar-refractivity contribution in [3.05, 3.63) is 29.8 Å². The molecule has 1 aromatic rings. The van der Waals surface area contributed by atoms with Crippen molar-refractivity contribution in [1.29, 1.82) is 0 Å². The number of rotatable bonds is 7. The molecule has 0 aromatic heterocycles. The molecule has 2 rings (SSSR count). The number of nitrogens with zero attached hydrogens (tertiary/aromatic N) is 1. The van der Waals surface area contributed by atoms with Crippen molar-refractivity contribution in [1.82, 2.24) is 9.62 Å². The molecule has 0 atom stereocenters. The van der Waals surface area contributed by atoms with E-state index in [-0.39, 0.29) is 23.4 Å². The summed E-state index contributed by atoms with van der Waals surface area (Å²) in [5, 5.41) is 0. The van der Waals surface area contributed by atoms with E-state index in [0.717, 1.165) is 25.7 Å². The van der Waals surface area contributed by atoms with Crippen LogP contribution in [-0.4, -0.2) is 52.6 Å². The van der Waals surface area contributed by atoms with Crippen LogP contribution >= 0.6 is 0 Å². The van der Waals surface area contributed by atoms with Crippen LogP contribution in [0.5, 0.6) is 0 Å². The lowest BCUT2D eigenvalue weighted by Gasteiger charge is -2.27. The Morgan fingerprint density at radius 2 is 1.76 bits per heavy atom. The largest absolute Gasteiger partial charge is 0.383 e. The maximum atomic E-state index is 12.7. The molecule has 1 N–H and O–H groups in total. The first-order valence-corrected chi connectivity index (χ1v) is 10.3. The number of amides is 1. The summed E-state index contributed by atoms with van der Waals surface area (Å²) < 4.78 is 31.6. The summed E-state index contributed by atoms with van der Waals surface area (Å²) in [6, 6.07) is 6.39. The first-order chi connectivity index (χ1) is 12.0. The highest BCUT2D eigenvalue weighted by Gasteiger charge is 2.22. The topological polar surface area (TPSA) is 75.7 Å². The van der Waals surface area contributed by atoms with Gasteiger partial charge in [0, 0.05) is 32.3 Å². The molecule has 140 valence electrons. The second kappa shape index (κ2) is 9.31. The van der Waals surface area contributed by atoms with Gasteiger partial charge >= 0.3 is 0 Å². The minimum atomic E-state index is -3.58. The van der Waals surface area contributed by atoms with Crippen molar-refractivity contribution in [3.8, 4) is 0 Å². The molecule has 1 aliphatic rings. The molecule has 1 amide bonds. The normalized spacial score (nSPS) is 16.4. The van der Waals surface area contributed by atoms with Gasteiger partial charge < -0.3 is 9.64 Å². The molecule has 0 unspecified atom stereocenters. The molecular formula is C18H28N2O4S. The van der Waals surface area contributed by atoms with Gasteiger partial charge in [-0.2, -0.15) is 0 Å². The minimum absolute atomic E-state index is 0.0526. The Morgan fingerprint density at radius 3 is 2.32 bits per heavy atom. The van der Waals surface area contributed by atoms with E-state index in [9.17, 15) is 13.2 Å². The molecule has 6 nitrogen and oxygen atoms in total. The average Bonchev–Trinajstić information content (AvgIpc) is 2.90. The number of carbonyl (C=O) groups is 1. The van der Waals surface area contributed by atoms with Crippen molar-refractivity contribution < 1.29 is 17.9 Å². The number of nitrogens with one attached hydrogen (secondary N) is 1. The quantitative estimate of drug-likeness (QED) is 0.592. The van der Waals surface area contributed by atoms with Crippen molar-refractivity contribution in [2.75, 3.05) is 27.3 Å². The molecule has 0 bridgehead atoms. The van der Waals surface area contributed by atoms with Gasteiger partial charge in [0.25, 0.3) is 5.91 Å². The summed E-state index contributed by atoms with van der Waals surface area (Å²) in [5.74, 6) is -0.0526. The number of benzene rings is 1. The second-order valence-electron chi connectivity index (χ2n) is 6.48. The molecule has 0 radical (unpaired) electrons. The van der Waals surface area contributed by atoms with Crippen molar-refractivity contribution in [2.45, 2.75) is 49.5 Å². The van der Waals surface area contributed by atoms with E-state index in [2.05, 4.69) is 4.72 Å². The van der Waals surface area contributed by atoms with Crippen LogP contribution in [-0.2, 0) is 14.8 Å². The van der Waals surface area contributed by atoms with Gasteiger partial charge in [-0.1, -0.05) is 25.7 Å². The van der Waals surface area contributed by atoms with Gasteiger partial charge in [-0.05, 0) is 37.1 Å². The SMILES string of the molecule is COCCNS(=O)(=O)c1ccc(C(=O)N(C)C2CCCCCC2)cc1. The predicted molar refractivity (Wildman–Crippen MR) is 97.1 cm³/mol. The Kier molecular flexibility index (Phi) is 7.40. The summed E-state index contributed by atoms with van der Waals surface area (Å²) in [6.07, 6.45) is 6.87. The van der Waals surface area contributed by atoms with Crippen LogP contribution in [0.2, 0.25) is 0 Å². The summed E-state index contributed by atoms with van der Waals surface area (Å²) in [5.41, 5.74) is 0.516. The lowest BCUT2D eigenvalue weighted by Crippen LogP contribution is -2.36. The molecule has 1 saturated carbocycles. The zero-order valence-corrected chi connectivity index (χ0v) is 15.8. The highest BCUT2D eigenvalue weighted by Crippen LogP contribution is 2.22. The van der Waals surface area contributed by atoms with E-state index in [1.807, 2.05) is 11.9 Å². The van der Waals surface area contributed by atoms with Crippen molar-refractivity contribution in [2.24, 2.45) is 0 Å². The maximum Gasteiger partial charge on any atom is 0.253 e. The summed E-state index contributed by atoms with van der Waals surface area (Å²) in [4.78, 5) is 14.6. The van der Waals surface area contributed by atoms with Crippen LogP contribution in [0, 0.1) is 0 Å². The Labute approximate surface area is 150 Å². The fraction of sp³-hybridized carbons (Fsp3) is 0.611. The lowest BCUT2D eigenvalue weighted by atomic mass is 10.1. The summed E-state index contributed by atoms with van der Waals surface area (Å²) >= 11 is 0. The number of sulfonamides is 1. The van der Waals surface area contributed by atoms with E-state index in [0.29, 0.717) is 12.2 Å². The summed E-state index contributed by atoms with van der Waals surface area (Å²) in [6.45, 7) is 0.520. The smallest absolute Gasteiger partial charge is 0.253 e. The fourth-order valence-corrected chi connectivity index (χ4v) is 4.17. The number of hydrogen-bond donors (Lipinski definition) is 1. The second-order valence-corrected chi connectivity index (χ2v) is 8.24. The van der Waals surface area contributed by atoms with Crippen LogP contribution in [0.25, 0.3) is 0 Å². The van der Waals surface area contributed by atoms with Crippen LogP contribution in [0.3, 0.4) is 0 Å². The first kappa shape index (κ1) is 19.9. The molecule has 0 spiro atoms. The molecule has 1 fully saturated rings.